The van der Waals surface area contributed by atoms with Gasteiger partial charge in [-0.1, -0.05) is 83.3 Å². The van der Waals surface area contributed by atoms with Crippen molar-refractivity contribution < 1.29 is 14.3 Å². The molecule has 0 bridgehead atoms. The molecule has 0 unspecified atom stereocenters. The number of hydrogen-bond acceptors (Lipinski definition) is 5. The minimum absolute atomic E-state index is 0.332. The second-order valence-electron chi connectivity index (χ2n) is 7.32. The van der Waals surface area contributed by atoms with E-state index in [9.17, 15) is 4.79 Å². The molecule has 3 rings (SSSR count). The van der Waals surface area contributed by atoms with E-state index >= 15 is 0 Å². The summed E-state index contributed by atoms with van der Waals surface area (Å²) in [6.07, 6.45) is 6.77. The molecule has 0 aromatic heterocycles. The molecular weight excluding hydrogens is 490 g/mol. The molecule has 3 aromatic rings. The van der Waals surface area contributed by atoms with E-state index in [2.05, 4.69) is 42.7 Å². The van der Waals surface area contributed by atoms with Crippen LogP contribution in [0.4, 0.5) is 11.4 Å². The number of anilines is 2. The second-order valence-corrected chi connectivity index (χ2v) is 8.37. The van der Waals surface area contributed by atoms with Gasteiger partial charge in [-0.25, -0.2) is 4.79 Å². The van der Waals surface area contributed by atoms with Crippen LogP contribution in [0.1, 0.15) is 56.9 Å². The minimum atomic E-state index is -0.377. The van der Waals surface area contributed by atoms with Gasteiger partial charge in [0, 0.05) is 22.4 Å². The van der Waals surface area contributed by atoms with Crippen LogP contribution in [0, 0.1) is 0 Å². The molecule has 5 heteroatoms. The Bertz CT molecular complexity index is 1190. The van der Waals surface area contributed by atoms with Crippen LogP contribution in [0.2, 0.25) is 0 Å². The second kappa shape index (κ2) is 18.5. The van der Waals surface area contributed by atoms with Crippen molar-refractivity contribution in [2.24, 2.45) is 0 Å². The molecule has 38 heavy (non-hydrogen) atoms. The van der Waals surface area contributed by atoms with E-state index < -0.39 is 0 Å². The van der Waals surface area contributed by atoms with E-state index in [1.165, 1.54) is 11.6 Å². The monoisotopic (exact) mass is 531 g/mol. The number of nitrogens with one attached hydrogen (secondary N) is 1. The molecule has 0 heterocycles. The Morgan fingerprint density at radius 1 is 0.895 bits per heavy atom. The Hall–Kier alpha value is -3.70. The quantitative estimate of drug-likeness (QED) is 0.152. The van der Waals surface area contributed by atoms with E-state index in [4.69, 9.17) is 9.47 Å². The number of thioether (sulfide) groups is 1. The number of methoxy groups -OCH3 is 1. The molecule has 0 aliphatic heterocycles. The number of ether oxygens (including phenoxy) is 2. The SMILES string of the molecule is C=Cc1cc(Nc2ccc(SCc3ccccc3)cc2/C=C/C(=O)OCC)c(OC)cc1C=C.CC.CC. The average Bonchev–Trinajstić information content (AvgIpc) is 2.98. The number of hydrogen-bond donors (Lipinski definition) is 1. The van der Waals surface area contributed by atoms with Gasteiger partial charge in [0.1, 0.15) is 5.75 Å². The van der Waals surface area contributed by atoms with Crippen LogP contribution in [0.5, 0.6) is 5.75 Å². The smallest absolute Gasteiger partial charge is 0.330 e. The minimum Gasteiger partial charge on any atom is -0.495 e. The van der Waals surface area contributed by atoms with Gasteiger partial charge in [0.25, 0.3) is 0 Å². The van der Waals surface area contributed by atoms with Crippen LogP contribution >= 0.6 is 11.8 Å². The van der Waals surface area contributed by atoms with Gasteiger partial charge in [-0.2, -0.15) is 0 Å². The summed E-state index contributed by atoms with van der Waals surface area (Å²) >= 11 is 1.74. The molecule has 0 amide bonds. The van der Waals surface area contributed by atoms with Gasteiger partial charge in [0.05, 0.1) is 19.4 Å². The fourth-order valence-electron chi connectivity index (χ4n) is 3.35. The highest BCUT2D eigenvalue weighted by Gasteiger charge is 2.11. The van der Waals surface area contributed by atoms with Crippen LogP contribution in [0.15, 0.2) is 84.8 Å². The number of benzene rings is 3. The number of rotatable bonds is 11. The van der Waals surface area contributed by atoms with Crippen molar-refractivity contribution >= 4 is 47.3 Å². The van der Waals surface area contributed by atoms with Gasteiger partial charge in [0.15, 0.2) is 0 Å². The molecule has 0 saturated heterocycles. The van der Waals surface area contributed by atoms with E-state index in [1.807, 2.05) is 64.1 Å². The van der Waals surface area contributed by atoms with E-state index in [0.29, 0.717) is 12.4 Å². The normalized spacial score (nSPS) is 9.84. The zero-order chi connectivity index (χ0) is 28.3. The first-order chi connectivity index (χ1) is 18.6. The van der Waals surface area contributed by atoms with Gasteiger partial charge in [-0.3, -0.25) is 0 Å². The fraction of sp³-hybridized carbons (Fsp3) is 0.242. The molecule has 1 N–H and O–H groups in total. The zero-order valence-electron chi connectivity index (χ0n) is 23.5. The van der Waals surface area contributed by atoms with Crippen molar-refractivity contribution in [3.05, 3.63) is 102 Å². The number of carbonyl (C=O) groups excluding carboxylic acids is 1. The highest BCUT2D eigenvalue weighted by molar-refractivity contribution is 7.98. The standard InChI is InChI=1S/C29H29NO3S.2C2H6/c1-5-22-18-27(28(32-4)19-23(22)6-2)30-26-15-14-25(34-20-21-11-9-8-10-12-21)17-24(26)13-16-29(31)33-7-3;2*1-2/h5-6,8-19,30H,1-2,7,20H2,3-4H3;2*1-2H3/b16-13+;;. The summed E-state index contributed by atoms with van der Waals surface area (Å²) in [4.78, 5) is 13.1. The molecule has 0 saturated carbocycles. The van der Waals surface area contributed by atoms with Crippen molar-refractivity contribution in [2.45, 2.75) is 45.3 Å². The fourth-order valence-corrected chi connectivity index (χ4v) is 4.25. The van der Waals surface area contributed by atoms with Crippen LogP contribution in [0.25, 0.3) is 18.2 Å². The predicted octanol–water partition coefficient (Wildman–Crippen LogP) is 9.65. The Balaban J connectivity index is 0.00000172. The van der Waals surface area contributed by atoms with Crippen molar-refractivity contribution in [3.8, 4) is 5.75 Å². The first-order valence-corrected chi connectivity index (χ1v) is 14.0. The van der Waals surface area contributed by atoms with Crippen LogP contribution in [0.3, 0.4) is 0 Å². The van der Waals surface area contributed by atoms with Crippen molar-refractivity contribution in [1.82, 2.24) is 0 Å². The summed E-state index contributed by atoms with van der Waals surface area (Å²) in [5, 5.41) is 3.46. The lowest BCUT2D eigenvalue weighted by Gasteiger charge is -2.16. The molecule has 202 valence electrons. The summed E-state index contributed by atoms with van der Waals surface area (Å²) in [7, 11) is 1.63. The van der Waals surface area contributed by atoms with Gasteiger partial charge in [-0.15, -0.1) is 11.8 Å². The first kappa shape index (κ1) is 32.3. The van der Waals surface area contributed by atoms with Crippen LogP contribution in [-0.2, 0) is 15.3 Å². The molecule has 0 spiro atoms. The summed E-state index contributed by atoms with van der Waals surface area (Å²) in [6.45, 7) is 17.9. The maximum absolute atomic E-state index is 12.0. The largest absolute Gasteiger partial charge is 0.495 e. The molecule has 0 aliphatic carbocycles. The van der Waals surface area contributed by atoms with Gasteiger partial charge >= 0.3 is 5.97 Å². The molecule has 0 radical (unpaired) electrons. The third-order valence-corrected chi connectivity index (χ3v) is 6.14. The van der Waals surface area contributed by atoms with Crippen molar-refractivity contribution in [1.29, 1.82) is 0 Å². The van der Waals surface area contributed by atoms with E-state index in [0.717, 1.165) is 38.7 Å². The summed E-state index contributed by atoms with van der Waals surface area (Å²) in [5.74, 6) is 1.16. The number of carbonyl (C=O) groups is 1. The lowest BCUT2D eigenvalue weighted by Crippen LogP contribution is -2.00. The van der Waals surface area contributed by atoms with Gasteiger partial charge in [-0.05, 0) is 65.6 Å². The molecule has 0 fully saturated rings. The summed E-state index contributed by atoms with van der Waals surface area (Å²) in [5.41, 5.74) is 5.62. The zero-order valence-corrected chi connectivity index (χ0v) is 24.4. The van der Waals surface area contributed by atoms with Gasteiger partial charge < -0.3 is 14.8 Å². The summed E-state index contributed by atoms with van der Waals surface area (Å²) < 4.78 is 10.7. The van der Waals surface area contributed by atoms with E-state index in [-0.39, 0.29) is 5.97 Å². The third kappa shape index (κ3) is 9.98. The third-order valence-electron chi connectivity index (χ3n) is 5.07. The molecule has 4 nitrogen and oxygen atoms in total. The lowest BCUT2D eigenvalue weighted by atomic mass is 10.0. The highest BCUT2D eigenvalue weighted by Crippen LogP contribution is 2.35. The highest BCUT2D eigenvalue weighted by atomic mass is 32.2. The maximum Gasteiger partial charge on any atom is 0.330 e. The Labute approximate surface area is 233 Å². The van der Waals surface area contributed by atoms with Crippen LogP contribution in [-0.4, -0.2) is 19.7 Å². The Kier molecular flexibility index (Phi) is 15.8. The van der Waals surface area contributed by atoms with E-state index in [1.54, 1.807) is 44.0 Å². The topological polar surface area (TPSA) is 47.6 Å². The first-order valence-electron chi connectivity index (χ1n) is 13.0. The molecular formula is C33H41NO3S. The lowest BCUT2D eigenvalue weighted by molar-refractivity contribution is -0.137. The Morgan fingerprint density at radius 3 is 2.16 bits per heavy atom. The summed E-state index contributed by atoms with van der Waals surface area (Å²) in [6, 6.07) is 20.3. The number of esters is 1. The predicted molar refractivity (Wildman–Crippen MR) is 167 cm³/mol. The van der Waals surface area contributed by atoms with Gasteiger partial charge in [0.2, 0.25) is 0 Å². The van der Waals surface area contributed by atoms with Crippen LogP contribution < -0.4 is 10.1 Å². The molecule has 3 aromatic carbocycles. The average molecular weight is 532 g/mol. The van der Waals surface area contributed by atoms with Crippen molar-refractivity contribution in [2.75, 3.05) is 19.0 Å². The maximum atomic E-state index is 12.0. The molecule has 0 atom stereocenters. The molecule has 0 aliphatic rings. The van der Waals surface area contributed by atoms with Crippen molar-refractivity contribution in [3.63, 3.8) is 0 Å². The Morgan fingerprint density at radius 2 is 1.55 bits per heavy atom.